The quantitative estimate of drug-likeness (QED) is 0.470. The van der Waals surface area contributed by atoms with Crippen molar-refractivity contribution in [2.45, 2.75) is 13.0 Å². The van der Waals surface area contributed by atoms with E-state index in [0.717, 1.165) is 6.26 Å². The van der Waals surface area contributed by atoms with Gasteiger partial charge in [-0.2, -0.15) is 0 Å². The predicted molar refractivity (Wildman–Crippen MR) is 70.3 cm³/mol. The summed E-state index contributed by atoms with van der Waals surface area (Å²) >= 11 is 0. The monoisotopic (exact) mass is 273 g/mol. The number of nitrogens with two attached hydrogens (primary N) is 1. The molecule has 0 amide bonds. The first-order valence-electron chi connectivity index (χ1n) is 5.18. The minimum atomic E-state index is -3.15. The number of nitrogens with one attached hydrogen (secondary N) is 1. The Morgan fingerprint density at radius 3 is 2.61 bits per heavy atom. The van der Waals surface area contributed by atoms with Crippen LogP contribution in [0.5, 0.6) is 0 Å². The van der Waals surface area contributed by atoms with E-state index in [9.17, 15) is 18.5 Å². The van der Waals surface area contributed by atoms with Crippen molar-refractivity contribution in [3.8, 4) is 0 Å². The molecule has 0 fully saturated rings. The molecule has 0 saturated carbocycles. The van der Waals surface area contributed by atoms with Gasteiger partial charge in [-0.1, -0.05) is 6.07 Å². The van der Waals surface area contributed by atoms with E-state index in [1.165, 1.54) is 12.1 Å². The van der Waals surface area contributed by atoms with Crippen LogP contribution in [0.1, 0.15) is 6.92 Å². The summed E-state index contributed by atoms with van der Waals surface area (Å²) in [7, 11) is -3.15. The lowest BCUT2D eigenvalue weighted by molar-refractivity contribution is -0.383. The summed E-state index contributed by atoms with van der Waals surface area (Å²) in [6.45, 7) is 1.63. The van der Waals surface area contributed by atoms with Gasteiger partial charge < -0.3 is 11.1 Å². The van der Waals surface area contributed by atoms with Crippen molar-refractivity contribution in [3.05, 3.63) is 28.3 Å². The first-order valence-corrected chi connectivity index (χ1v) is 7.24. The van der Waals surface area contributed by atoms with Crippen molar-refractivity contribution in [3.63, 3.8) is 0 Å². The molecule has 0 radical (unpaired) electrons. The molecule has 0 aliphatic carbocycles. The van der Waals surface area contributed by atoms with Gasteiger partial charge in [0.05, 0.1) is 10.7 Å². The SMILES string of the molecule is CC(CS(C)(=O)=O)Nc1cccc(N)c1[N+](=O)[O-]. The first kappa shape index (κ1) is 14.2. The number of hydrogen-bond acceptors (Lipinski definition) is 6. The zero-order valence-corrected chi connectivity index (χ0v) is 10.9. The second kappa shape index (κ2) is 5.21. The molecule has 100 valence electrons. The molecule has 1 rings (SSSR count). The van der Waals surface area contributed by atoms with Crippen molar-refractivity contribution in [1.82, 2.24) is 0 Å². The molecule has 0 aromatic heterocycles. The fraction of sp³-hybridized carbons (Fsp3) is 0.400. The molecule has 0 aliphatic rings. The Balaban J connectivity index is 2.98. The van der Waals surface area contributed by atoms with E-state index in [2.05, 4.69) is 5.32 Å². The fourth-order valence-corrected chi connectivity index (χ4v) is 2.63. The van der Waals surface area contributed by atoms with Crippen LogP contribution < -0.4 is 11.1 Å². The van der Waals surface area contributed by atoms with Crippen LogP contribution in [-0.2, 0) is 9.84 Å². The molecule has 3 N–H and O–H groups in total. The van der Waals surface area contributed by atoms with Gasteiger partial charge in [0, 0.05) is 12.3 Å². The highest BCUT2D eigenvalue weighted by Crippen LogP contribution is 2.30. The third-order valence-corrected chi connectivity index (χ3v) is 3.31. The van der Waals surface area contributed by atoms with E-state index >= 15 is 0 Å². The molecule has 1 aromatic rings. The second-order valence-electron chi connectivity index (χ2n) is 4.14. The summed E-state index contributed by atoms with van der Waals surface area (Å²) in [4.78, 5) is 10.3. The molecular formula is C10H15N3O4S. The fourth-order valence-electron chi connectivity index (χ4n) is 1.64. The van der Waals surface area contributed by atoms with Gasteiger partial charge in [0.2, 0.25) is 0 Å². The third-order valence-electron chi connectivity index (χ3n) is 2.20. The Morgan fingerprint density at radius 1 is 1.50 bits per heavy atom. The highest BCUT2D eigenvalue weighted by molar-refractivity contribution is 7.90. The normalized spacial score (nSPS) is 13.0. The van der Waals surface area contributed by atoms with E-state index < -0.39 is 20.8 Å². The van der Waals surface area contributed by atoms with Crippen LogP contribution in [0, 0.1) is 10.1 Å². The Kier molecular flexibility index (Phi) is 4.12. The topological polar surface area (TPSA) is 115 Å². The molecule has 0 spiro atoms. The van der Waals surface area contributed by atoms with Gasteiger partial charge in [-0.05, 0) is 19.1 Å². The maximum atomic E-state index is 11.1. The molecule has 1 unspecified atom stereocenters. The number of nitrogens with zero attached hydrogens (tertiary/aromatic N) is 1. The molecule has 0 aliphatic heterocycles. The summed E-state index contributed by atoms with van der Waals surface area (Å²) in [5.74, 6) is -0.112. The van der Waals surface area contributed by atoms with Crippen LogP contribution in [0.3, 0.4) is 0 Å². The standard InChI is InChI=1S/C10H15N3O4S/c1-7(6-18(2,16)17)12-9-5-3-4-8(11)10(9)13(14)15/h3-5,7,12H,6,11H2,1-2H3. The number of nitrogen functional groups attached to an aromatic ring is 1. The van der Waals surface area contributed by atoms with Crippen LogP contribution in [0.2, 0.25) is 0 Å². The minimum absolute atomic E-state index is 0.0385. The van der Waals surface area contributed by atoms with Gasteiger partial charge in [-0.25, -0.2) is 8.42 Å². The van der Waals surface area contributed by atoms with Crippen molar-refractivity contribution in [2.75, 3.05) is 23.1 Å². The lowest BCUT2D eigenvalue weighted by Gasteiger charge is -2.14. The van der Waals surface area contributed by atoms with E-state index in [-0.39, 0.29) is 22.8 Å². The largest absolute Gasteiger partial charge is 0.393 e. The number of anilines is 2. The van der Waals surface area contributed by atoms with Crippen LogP contribution >= 0.6 is 0 Å². The summed E-state index contributed by atoms with van der Waals surface area (Å²) in [5.41, 5.74) is 5.54. The van der Waals surface area contributed by atoms with E-state index in [0.29, 0.717) is 0 Å². The van der Waals surface area contributed by atoms with Crippen LogP contribution in [0.4, 0.5) is 17.1 Å². The summed E-state index contributed by atoms with van der Waals surface area (Å²) in [6.07, 6.45) is 1.11. The average Bonchev–Trinajstić information content (AvgIpc) is 2.13. The van der Waals surface area contributed by atoms with Crippen LogP contribution in [-0.4, -0.2) is 31.4 Å². The molecular weight excluding hydrogens is 258 g/mol. The second-order valence-corrected chi connectivity index (χ2v) is 6.32. The van der Waals surface area contributed by atoms with Crippen molar-refractivity contribution >= 4 is 26.9 Å². The van der Waals surface area contributed by atoms with Gasteiger partial charge >= 0.3 is 5.69 Å². The Bertz CT molecular complexity index is 556. The van der Waals surface area contributed by atoms with Gasteiger partial charge in [0.1, 0.15) is 21.2 Å². The van der Waals surface area contributed by atoms with Crippen molar-refractivity contribution in [1.29, 1.82) is 0 Å². The smallest absolute Gasteiger partial charge is 0.314 e. The van der Waals surface area contributed by atoms with Gasteiger partial charge in [-0.3, -0.25) is 10.1 Å². The van der Waals surface area contributed by atoms with E-state index in [1.54, 1.807) is 13.0 Å². The van der Waals surface area contributed by atoms with E-state index in [4.69, 9.17) is 5.73 Å². The lowest BCUT2D eigenvalue weighted by atomic mass is 10.2. The number of sulfone groups is 1. The maximum absolute atomic E-state index is 11.1. The molecule has 1 atom stereocenters. The maximum Gasteiger partial charge on any atom is 0.314 e. The Hall–Kier alpha value is -1.83. The molecule has 0 heterocycles. The number of nitro benzene ring substituents is 1. The number of benzene rings is 1. The summed E-state index contributed by atoms with van der Waals surface area (Å²) in [6, 6.07) is 4.04. The highest BCUT2D eigenvalue weighted by atomic mass is 32.2. The lowest BCUT2D eigenvalue weighted by Crippen LogP contribution is -2.25. The Morgan fingerprint density at radius 2 is 2.11 bits per heavy atom. The summed E-state index contributed by atoms with van der Waals surface area (Å²) < 4.78 is 22.2. The Labute approximate surface area is 105 Å². The highest BCUT2D eigenvalue weighted by Gasteiger charge is 2.20. The number of para-hydroxylation sites is 1. The number of rotatable bonds is 5. The first-order chi connectivity index (χ1) is 8.20. The molecule has 18 heavy (non-hydrogen) atoms. The molecule has 0 saturated heterocycles. The average molecular weight is 273 g/mol. The van der Waals surface area contributed by atoms with Gasteiger partial charge in [-0.15, -0.1) is 0 Å². The minimum Gasteiger partial charge on any atom is -0.393 e. The van der Waals surface area contributed by atoms with Crippen molar-refractivity contribution < 1.29 is 13.3 Å². The van der Waals surface area contributed by atoms with Crippen LogP contribution in [0.25, 0.3) is 0 Å². The third kappa shape index (κ3) is 3.88. The number of nitro groups is 1. The predicted octanol–water partition coefficient (Wildman–Crippen LogP) is 1.02. The molecule has 7 nitrogen and oxygen atoms in total. The molecule has 1 aromatic carbocycles. The summed E-state index contributed by atoms with van der Waals surface area (Å²) in [5, 5.41) is 13.7. The van der Waals surface area contributed by atoms with Gasteiger partial charge in [0.25, 0.3) is 0 Å². The number of hydrogen-bond donors (Lipinski definition) is 2. The zero-order valence-electron chi connectivity index (χ0n) is 10.1. The molecule has 0 bridgehead atoms. The zero-order chi connectivity index (χ0) is 13.9. The van der Waals surface area contributed by atoms with Crippen molar-refractivity contribution in [2.24, 2.45) is 0 Å². The van der Waals surface area contributed by atoms with E-state index in [1.807, 2.05) is 0 Å². The van der Waals surface area contributed by atoms with Crippen LogP contribution in [0.15, 0.2) is 18.2 Å². The molecule has 8 heteroatoms. The van der Waals surface area contributed by atoms with Gasteiger partial charge in [0.15, 0.2) is 0 Å².